The molecular formula is C23H20BrF4NO3S. The van der Waals surface area contributed by atoms with Crippen LogP contribution in [0.5, 0.6) is 0 Å². The number of hydrogen-bond donors (Lipinski definition) is 2. The van der Waals surface area contributed by atoms with Gasteiger partial charge in [0.25, 0.3) is 0 Å². The van der Waals surface area contributed by atoms with Gasteiger partial charge in [0, 0.05) is 23.6 Å². The van der Waals surface area contributed by atoms with Crippen molar-refractivity contribution in [2.45, 2.75) is 44.5 Å². The standard InChI is InChI=1S/C23H20BrF4NO3S/c1-21(2)9-14-18(15(30)10-21)17(11-5-6-13(25)12(24)8-11)19(20(31)16-4-3-7-33-16)22(32,29-14)23(26,27)28/h3-8,17,19,29,32H,9-10H2,1-2H3. The Kier molecular flexibility index (Phi) is 5.86. The maximum absolute atomic E-state index is 14.4. The molecule has 0 amide bonds. The molecule has 0 radical (unpaired) electrons. The van der Waals surface area contributed by atoms with Crippen LogP contribution in [-0.4, -0.2) is 28.6 Å². The maximum atomic E-state index is 14.4. The van der Waals surface area contributed by atoms with Crippen molar-refractivity contribution in [2.75, 3.05) is 0 Å². The third-order valence-corrected chi connectivity index (χ3v) is 7.63. The molecule has 1 aliphatic carbocycles. The van der Waals surface area contributed by atoms with Gasteiger partial charge in [-0.15, -0.1) is 11.3 Å². The van der Waals surface area contributed by atoms with E-state index in [9.17, 15) is 32.3 Å². The number of halogens is 5. The predicted molar refractivity (Wildman–Crippen MR) is 118 cm³/mol. The second kappa shape index (κ2) is 8.02. The number of carbonyl (C=O) groups excluding carboxylic acids is 2. The average molecular weight is 546 g/mol. The molecule has 0 saturated carbocycles. The number of Topliss-reactive ketones (excluding diaryl/α,β-unsaturated/α-hetero) is 2. The van der Waals surface area contributed by atoms with Gasteiger partial charge >= 0.3 is 6.18 Å². The highest BCUT2D eigenvalue weighted by molar-refractivity contribution is 9.10. The monoisotopic (exact) mass is 545 g/mol. The Labute approximate surface area is 199 Å². The fourth-order valence-electron chi connectivity index (χ4n) is 4.75. The van der Waals surface area contributed by atoms with Crippen molar-refractivity contribution >= 4 is 38.8 Å². The lowest BCUT2D eigenvalue weighted by Gasteiger charge is -2.49. The SMILES string of the molecule is CC1(C)CC(=O)C2=C(C1)NC(O)(C(F)(F)F)C(C(=O)c1cccs1)C2c1ccc(F)c(Br)c1. The van der Waals surface area contributed by atoms with Crippen molar-refractivity contribution in [1.82, 2.24) is 5.32 Å². The number of alkyl halides is 3. The Bertz CT molecular complexity index is 1160. The quantitative estimate of drug-likeness (QED) is 0.382. The van der Waals surface area contributed by atoms with Crippen LogP contribution in [0.4, 0.5) is 17.6 Å². The summed E-state index contributed by atoms with van der Waals surface area (Å²) in [7, 11) is 0. The summed E-state index contributed by atoms with van der Waals surface area (Å²) >= 11 is 3.98. The lowest BCUT2D eigenvalue weighted by molar-refractivity contribution is -0.287. The Morgan fingerprint density at radius 2 is 1.94 bits per heavy atom. The molecule has 0 saturated heterocycles. The van der Waals surface area contributed by atoms with Gasteiger partial charge in [0.05, 0.1) is 15.3 Å². The van der Waals surface area contributed by atoms with Gasteiger partial charge in [-0.05, 0) is 56.9 Å². The summed E-state index contributed by atoms with van der Waals surface area (Å²) in [4.78, 5) is 26.7. The number of hydrogen-bond acceptors (Lipinski definition) is 5. The molecule has 2 aliphatic rings. The zero-order chi connectivity index (χ0) is 24.3. The van der Waals surface area contributed by atoms with Crippen LogP contribution in [0.1, 0.15) is 47.8 Å². The van der Waals surface area contributed by atoms with Crippen LogP contribution in [0.2, 0.25) is 0 Å². The molecule has 0 fully saturated rings. The molecule has 2 heterocycles. The summed E-state index contributed by atoms with van der Waals surface area (Å²) < 4.78 is 57.2. The van der Waals surface area contributed by atoms with Gasteiger partial charge in [-0.25, -0.2) is 4.39 Å². The Morgan fingerprint density at radius 3 is 2.52 bits per heavy atom. The van der Waals surface area contributed by atoms with Gasteiger partial charge in [0.1, 0.15) is 5.82 Å². The first-order valence-electron chi connectivity index (χ1n) is 10.1. The Balaban J connectivity index is 2.03. The molecule has 0 spiro atoms. The second-order valence-electron chi connectivity index (χ2n) is 9.19. The lowest BCUT2D eigenvalue weighted by atomic mass is 9.63. The second-order valence-corrected chi connectivity index (χ2v) is 11.0. The van der Waals surface area contributed by atoms with E-state index in [1.165, 1.54) is 24.3 Å². The minimum absolute atomic E-state index is 0.0169. The summed E-state index contributed by atoms with van der Waals surface area (Å²) in [6, 6.07) is 6.45. The topological polar surface area (TPSA) is 66.4 Å². The molecule has 4 nitrogen and oxygen atoms in total. The minimum Gasteiger partial charge on any atom is -0.363 e. The molecular weight excluding hydrogens is 526 g/mol. The van der Waals surface area contributed by atoms with E-state index in [0.717, 1.165) is 17.4 Å². The van der Waals surface area contributed by atoms with E-state index in [-0.39, 0.29) is 39.0 Å². The van der Waals surface area contributed by atoms with Crippen LogP contribution in [0, 0.1) is 17.2 Å². The highest BCUT2D eigenvalue weighted by Crippen LogP contribution is 2.54. The molecule has 4 rings (SSSR count). The fourth-order valence-corrected chi connectivity index (χ4v) is 5.85. The zero-order valence-electron chi connectivity index (χ0n) is 17.6. The number of aliphatic hydroxyl groups is 1. The van der Waals surface area contributed by atoms with Crippen molar-refractivity contribution in [3.63, 3.8) is 0 Å². The van der Waals surface area contributed by atoms with E-state index < -0.39 is 46.5 Å². The molecule has 0 bridgehead atoms. The summed E-state index contributed by atoms with van der Waals surface area (Å²) in [6.07, 6.45) is -5.11. The van der Waals surface area contributed by atoms with Crippen molar-refractivity contribution in [1.29, 1.82) is 0 Å². The van der Waals surface area contributed by atoms with Crippen LogP contribution >= 0.6 is 27.3 Å². The number of benzene rings is 1. The van der Waals surface area contributed by atoms with Gasteiger partial charge in [0.2, 0.25) is 5.72 Å². The number of thiophene rings is 1. The molecule has 1 aliphatic heterocycles. The van der Waals surface area contributed by atoms with Crippen LogP contribution in [-0.2, 0) is 4.79 Å². The first kappa shape index (κ1) is 24.1. The summed E-state index contributed by atoms with van der Waals surface area (Å²) in [5.41, 5.74) is -4.17. The van der Waals surface area contributed by atoms with Gasteiger partial charge in [-0.3, -0.25) is 9.59 Å². The molecule has 33 heavy (non-hydrogen) atoms. The van der Waals surface area contributed by atoms with Crippen molar-refractivity contribution in [3.05, 3.63) is 67.7 Å². The number of allylic oxidation sites excluding steroid dienone is 2. The van der Waals surface area contributed by atoms with Gasteiger partial charge in [-0.1, -0.05) is 26.0 Å². The summed E-state index contributed by atoms with van der Waals surface area (Å²) in [5, 5.41) is 14.8. The van der Waals surface area contributed by atoms with Crippen molar-refractivity contribution < 1.29 is 32.3 Å². The van der Waals surface area contributed by atoms with E-state index in [0.29, 0.717) is 0 Å². The van der Waals surface area contributed by atoms with E-state index in [1.54, 1.807) is 19.2 Å². The normalized spacial score (nSPS) is 27.2. The first-order chi connectivity index (χ1) is 15.2. The summed E-state index contributed by atoms with van der Waals surface area (Å²) in [6.45, 7) is 3.49. The predicted octanol–water partition coefficient (Wildman–Crippen LogP) is 5.73. The molecule has 10 heteroatoms. The maximum Gasteiger partial charge on any atom is 0.437 e. The van der Waals surface area contributed by atoms with E-state index in [2.05, 4.69) is 21.2 Å². The number of nitrogens with one attached hydrogen (secondary N) is 1. The number of rotatable bonds is 3. The van der Waals surface area contributed by atoms with Crippen LogP contribution in [0.3, 0.4) is 0 Å². The van der Waals surface area contributed by atoms with E-state index >= 15 is 0 Å². The lowest BCUT2D eigenvalue weighted by Crippen LogP contribution is -2.67. The highest BCUT2D eigenvalue weighted by atomic mass is 79.9. The zero-order valence-corrected chi connectivity index (χ0v) is 20.0. The average Bonchev–Trinajstić information content (AvgIpc) is 3.21. The third kappa shape index (κ3) is 4.06. The molecule has 1 aromatic carbocycles. The van der Waals surface area contributed by atoms with Crippen LogP contribution in [0.25, 0.3) is 0 Å². The fraction of sp³-hybridized carbons (Fsp3) is 0.391. The van der Waals surface area contributed by atoms with Gasteiger partial charge < -0.3 is 10.4 Å². The smallest absolute Gasteiger partial charge is 0.363 e. The highest BCUT2D eigenvalue weighted by Gasteiger charge is 2.67. The molecule has 2 N–H and O–H groups in total. The van der Waals surface area contributed by atoms with Crippen LogP contribution in [0.15, 0.2) is 51.5 Å². The van der Waals surface area contributed by atoms with Crippen molar-refractivity contribution in [3.8, 4) is 0 Å². The molecule has 176 valence electrons. The number of ketones is 2. The van der Waals surface area contributed by atoms with Gasteiger partial charge in [0.15, 0.2) is 11.6 Å². The van der Waals surface area contributed by atoms with Crippen molar-refractivity contribution in [2.24, 2.45) is 11.3 Å². The molecule has 1 aromatic heterocycles. The Hall–Kier alpha value is -2.04. The Morgan fingerprint density at radius 1 is 1.24 bits per heavy atom. The molecule has 2 aromatic rings. The summed E-state index contributed by atoms with van der Waals surface area (Å²) in [5.74, 6) is -5.54. The largest absolute Gasteiger partial charge is 0.437 e. The third-order valence-electron chi connectivity index (χ3n) is 6.14. The number of carbonyl (C=O) groups is 2. The van der Waals surface area contributed by atoms with E-state index in [4.69, 9.17) is 0 Å². The van der Waals surface area contributed by atoms with Crippen LogP contribution < -0.4 is 5.32 Å². The van der Waals surface area contributed by atoms with Gasteiger partial charge in [-0.2, -0.15) is 13.2 Å². The first-order valence-corrected chi connectivity index (χ1v) is 11.8. The van der Waals surface area contributed by atoms with E-state index in [1.807, 2.05) is 0 Å². The minimum atomic E-state index is -5.25. The molecule has 3 atom stereocenters. The molecule has 3 unspecified atom stereocenters.